The van der Waals surface area contributed by atoms with Crippen LogP contribution < -0.4 is 0 Å². The molecule has 0 spiro atoms. The molecule has 0 saturated carbocycles. The zero-order valence-electron chi connectivity index (χ0n) is 7.17. The molecular formula is C8H16O2S. The summed E-state index contributed by atoms with van der Waals surface area (Å²) in [6.07, 6.45) is 2.38. The summed E-state index contributed by atoms with van der Waals surface area (Å²) in [6.45, 7) is 4.37. The zero-order chi connectivity index (χ0) is 8.69. The van der Waals surface area contributed by atoms with Crippen LogP contribution in [0.3, 0.4) is 0 Å². The van der Waals surface area contributed by atoms with Crippen molar-refractivity contribution < 1.29 is 9.53 Å². The predicted octanol–water partition coefficient (Wildman–Crippen LogP) is 2.04. The van der Waals surface area contributed by atoms with Crippen LogP contribution in [0.2, 0.25) is 0 Å². The van der Waals surface area contributed by atoms with Gasteiger partial charge in [-0.3, -0.25) is 4.79 Å². The normalized spacial score (nSPS) is 12.6. The van der Waals surface area contributed by atoms with Gasteiger partial charge in [-0.2, -0.15) is 12.6 Å². The second-order valence-electron chi connectivity index (χ2n) is 2.57. The van der Waals surface area contributed by atoms with E-state index in [1.807, 2.05) is 6.92 Å². The Morgan fingerprint density at radius 2 is 2.27 bits per heavy atom. The minimum Gasteiger partial charge on any atom is -0.466 e. The molecule has 0 N–H and O–H groups in total. The second-order valence-corrected chi connectivity index (χ2v) is 3.45. The lowest BCUT2D eigenvalue weighted by Crippen LogP contribution is -2.05. The van der Waals surface area contributed by atoms with Crippen molar-refractivity contribution >= 4 is 18.6 Å². The molecule has 1 atom stereocenters. The van der Waals surface area contributed by atoms with Gasteiger partial charge in [-0.25, -0.2) is 0 Å². The van der Waals surface area contributed by atoms with E-state index < -0.39 is 0 Å². The highest BCUT2D eigenvalue weighted by atomic mass is 32.1. The van der Waals surface area contributed by atoms with E-state index in [1.165, 1.54) is 0 Å². The van der Waals surface area contributed by atoms with Crippen LogP contribution in [0.5, 0.6) is 0 Å². The van der Waals surface area contributed by atoms with Gasteiger partial charge in [0.15, 0.2) is 0 Å². The first kappa shape index (κ1) is 10.8. The number of rotatable bonds is 5. The zero-order valence-corrected chi connectivity index (χ0v) is 8.06. The van der Waals surface area contributed by atoms with Gasteiger partial charge in [0.25, 0.3) is 0 Å². The Morgan fingerprint density at radius 3 is 2.73 bits per heavy atom. The van der Waals surface area contributed by atoms with E-state index in [9.17, 15) is 4.79 Å². The van der Waals surface area contributed by atoms with Crippen molar-refractivity contribution in [2.24, 2.45) is 0 Å². The van der Waals surface area contributed by atoms with E-state index >= 15 is 0 Å². The SMILES string of the molecule is CCC(=O)OCCCC(C)S. The molecule has 0 aromatic carbocycles. The van der Waals surface area contributed by atoms with Gasteiger partial charge in [-0.15, -0.1) is 0 Å². The van der Waals surface area contributed by atoms with Crippen LogP contribution >= 0.6 is 12.6 Å². The Balaban J connectivity index is 3.08. The van der Waals surface area contributed by atoms with Crippen LogP contribution in [0.15, 0.2) is 0 Å². The molecule has 0 rings (SSSR count). The fourth-order valence-electron chi connectivity index (χ4n) is 0.667. The van der Waals surface area contributed by atoms with Crippen molar-refractivity contribution in [3.8, 4) is 0 Å². The Morgan fingerprint density at radius 1 is 1.64 bits per heavy atom. The third-order valence-corrected chi connectivity index (χ3v) is 1.58. The van der Waals surface area contributed by atoms with E-state index in [2.05, 4.69) is 12.6 Å². The number of hydrogen-bond acceptors (Lipinski definition) is 3. The first-order valence-corrected chi connectivity index (χ1v) is 4.52. The highest BCUT2D eigenvalue weighted by Crippen LogP contribution is 2.02. The number of ether oxygens (including phenoxy) is 1. The van der Waals surface area contributed by atoms with Crippen molar-refractivity contribution in [2.75, 3.05) is 6.61 Å². The largest absolute Gasteiger partial charge is 0.466 e. The summed E-state index contributed by atoms with van der Waals surface area (Å²) in [5, 5.41) is 0.398. The fraction of sp³-hybridized carbons (Fsp3) is 0.875. The van der Waals surface area contributed by atoms with E-state index in [4.69, 9.17) is 4.74 Å². The van der Waals surface area contributed by atoms with E-state index in [0.29, 0.717) is 18.3 Å². The molecule has 0 aromatic heterocycles. The van der Waals surface area contributed by atoms with Crippen LogP contribution in [-0.2, 0) is 9.53 Å². The van der Waals surface area contributed by atoms with Gasteiger partial charge in [0.05, 0.1) is 6.61 Å². The topological polar surface area (TPSA) is 26.3 Å². The molecule has 0 radical (unpaired) electrons. The van der Waals surface area contributed by atoms with Crippen molar-refractivity contribution in [3.63, 3.8) is 0 Å². The number of thiol groups is 1. The Bertz CT molecular complexity index is 113. The number of esters is 1. The first-order chi connectivity index (χ1) is 5.16. The molecule has 66 valence electrons. The van der Waals surface area contributed by atoms with E-state index in [1.54, 1.807) is 6.92 Å². The van der Waals surface area contributed by atoms with Crippen LogP contribution in [-0.4, -0.2) is 17.8 Å². The third-order valence-electron chi connectivity index (χ3n) is 1.32. The molecule has 1 unspecified atom stereocenters. The Hall–Kier alpha value is -0.180. The van der Waals surface area contributed by atoms with E-state index in [0.717, 1.165) is 12.8 Å². The van der Waals surface area contributed by atoms with Gasteiger partial charge in [0.2, 0.25) is 0 Å². The molecule has 0 bridgehead atoms. The quantitative estimate of drug-likeness (QED) is 0.394. The fourth-order valence-corrected chi connectivity index (χ4v) is 0.849. The molecule has 0 aliphatic carbocycles. The molecule has 0 aliphatic heterocycles. The first-order valence-electron chi connectivity index (χ1n) is 4.00. The molecule has 0 aliphatic rings. The molecule has 0 saturated heterocycles. The number of carbonyl (C=O) groups is 1. The summed E-state index contributed by atoms with van der Waals surface area (Å²) >= 11 is 4.21. The van der Waals surface area contributed by atoms with Crippen LogP contribution in [0.1, 0.15) is 33.1 Å². The lowest BCUT2D eigenvalue weighted by Gasteiger charge is -2.04. The second kappa shape index (κ2) is 6.53. The third kappa shape index (κ3) is 7.72. The van der Waals surface area contributed by atoms with Crippen molar-refractivity contribution in [1.82, 2.24) is 0 Å². The average molecular weight is 176 g/mol. The maximum absolute atomic E-state index is 10.6. The minimum absolute atomic E-state index is 0.114. The Labute approximate surface area is 73.7 Å². The predicted molar refractivity (Wildman–Crippen MR) is 48.9 cm³/mol. The van der Waals surface area contributed by atoms with Crippen LogP contribution in [0, 0.1) is 0 Å². The maximum atomic E-state index is 10.6. The van der Waals surface area contributed by atoms with Gasteiger partial charge in [-0.05, 0) is 18.1 Å². The van der Waals surface area contributed by atoms with Gasteiger partial charge in [0.1, 0.15) is 0 Å². The summed E-state index contributed by atoms with van der Waals surface area (Å²) in [6, 6.07) is 0. The van der Waals surface area contributed by atoms with Gasteiger partial charge >= 0.3 is 5.97 Å². The number of hydrogen-bond donors (Lipinski definition) is 1. The monoisotopic (exact) mass is 176 g/mol. The molecule has 11 heavy (non-hydrogen) atoms. The van der Waals surface area contributed by atoms with Gasteiger partial charge in [0, 0.05) is 6.42 Å². The molecule has 2 nitrogen and oxygen atoms in total. The minimum atomic E-state index is -0.114. The van der Waals surface area contributed by atoms with Crippen LogP contribution in [0.4, 0.5) is 0 Å². The molecular weight excluding hydrogens is 160 g/mol. The molecule has 0 heterocycles. The summed E-state index contributed by atoms with van der Waals surface area (Å²) < 4.78 is 4.87. The molecule has 0 fully saturated rings. The summed E-state index contributed by atoms with van der Waals surface area (Å²) in [4.78, 5) is 10.6. The van der Waals surface area contributed by atoms with E-state index in [-0.39, 0.29) is 5.97 Å². The highest BCUT2D eigenvalue weighted by molar-refractivity contribution is 7.80. The van der Waals surface area contributed by atoms with Crippen LogP contribution in [0.25, 0.3) is 0 Å². The molecule has 3 heteroatoms. The summed E-state index contributed by atoms with van der Waals surface area (Å²) in [5.41, 5.74) is 0. The highest BCUT2D eigenvalue weighted by Gasteiger charge is 1.98. The standard InChI is InChI=1S/C8H16O2S/c1-3-8(9)10-6-4-5-7(2)11/h7,11H,3-6H2,1-2H3. The van der Waals surface area contributed by atoms with Gasteiger partial charge < -0.3 is 4.74 Å². The average Bonchev–Trinajstić information content (AvgIpc) is 1.97. The summed E-state index contributed by atoms with van der Waals surface area (Å²) in [5.74, 6) is -0.114. The smallest absolute Gasteiger partial charge is 0.305 e. The Kier molecular flexibility index (Phi) is 6.42. The van der Waals surface area contributed by atoms with Crippen molar-refractivity contribution in [3.05, 3.63) is 0 Å². The number of carbonyl (C=O) groups excluding carboxylic acids is 1. The lowest BCUT2D eigenvalue weighted by molar-refractivity contribution is -0.143. The lowest BCUT2D eigenvalue weighted by atomic mass is 10.2. The summed E-state index contributed by atoms with van der Waals surface area (Å²) in [7, 11) is 0. The van der Waals surface area contributed by atoms with Crippen molar-refractivity contribution in [1.29, 1.82) is 0 Å². The van der Waals surface area contributed by atoms with Gasteiger partial charge in [-0.1, -0.05) is 13.8 Å². The molecule has 0 aromatic rings. The van der Waals surface area contributed by atoms with Crippen molar-refractivity contribution in [2.45, 2.75) is 38.4 Å². The molecule has 0 amide bonds. The maximum Gasteiger partial charge on any atom is 0.305 e.